The van der Waals surface area contributed by atoms with Crippen LogP contribution in [0.2, 0.25) is 10.0 Å². The largest absolute Gasteiger partial charge is 0.484 e. The number of carbonyl (C=O) groups is 1. The monoisotopic (exact) mass is 444 g/mol. The number of anilines is 1. The van der Waals surface area contributed by atoms with Gasteiger partial charge in [0.05, 0.1) is 28.2 Å². The van der Waals surface area contributed by atoms with E-state index in [0.717, 1.165) is 0 Å². The van der Waals surface area contributed by atoms with Crippen LogP contribution in [0.3, 0.4) is 0 Å². The summed E-state index contributed by atoms with van der Waals surface area (Å²) < 4.78 is 37.1. The summed E-state index contributed by atoms with van der Waals surface area (Å²) in [6.45, 7) is 1.18. The van der Waals surface area contributed by atoms with E-state index in [4.69, 9.17) is 32.7 Å². The Bertz CT molecular complexity index is 945. The molecule has 1 N–H and O–H groups in total. The average molecular weight is 445 g/mol. The standard InChI is InChI=1S/C18H18Cl2N2O5S/c19-16-6-3-14(11-17(16)20)27-12-18(23)21-13-1-4-15(5-2-13)28(24,25)22-7-9-26-10-8-22/h1-6,11H,7-10,12H2,(H,21,23). The van der Waals surface area contributed by atoms with Crippen molar-refractivity contribution in [3.63, 3.8) is 0 Å². The molecule has 0 bridgehead atoms. The molecule has 0 atom stereocenters. The molecule has 7 nitrogen and oxygen atoms in total. The highest BCUT2D eigenvalue weighted by atomic mass is 35.5. The molecule has 0 radical (unpaired) electrons. The molecule has 2 aromatic carbocycles. The molecule has 2 aromatic rings. The van der Waals surface area contributed by atoms with Crippen LogP contribution in [0.4, 0.5) is 5.69 Å². The van der Waals surface area contributed by atoms with Gasteiger partial charge in [-0.05, 0) is 36.4 Å². The average Bonchev–Trinajstić information content (AvgIpc) is 2.70. The molecule has 0 aromatic heterocycles. The number of benzene rings is 2. The second kappa shape index (κ2) is 9.11. The molecule has 1 heterocycles. The molecule has 3 rings (SSSR count). The second-order valence-corrected chi connectivity index (χ2v) is 8.71. The molecule has 1 saturated heterocycles. The normalized spacial score (nSPS) is 15.2. The van der Waals surface area contributed by atoms with Gasteiger partial charge in [-0.3, -0.25) is 4.79 Å². The molecule has 10 heteroatoms. The van der Waals surface area contributed by atoms with E-state index >= 15 is 0 Å². The molecule has 1 amide bonds. The lowest BCUT2D eigenvalue weighted by Gasteiger charge is -2.26. The van der Waals surface area contributed by atoms with Crippen molar-refractivity contribution in [2.24, 2.45) is 0 Å². The first-order valence-corrected chi connectivity index (χ1v) is 10.6. The molecule has 150 valence electrons. The van der Waals surface area contributed by atoms with Crippen LogP contribution in [-0.4, -0.2) is 51.5 Å². The fourth-order valence-corrected chi connectivity index (χ4v) is 4.25. The van der Waals surface area contributed by atoms with Crippen molar-refractivity contribution in [3.8, 4) is 5.75 Å². The molecule has 1 aliphatic rings. The number of rotatable bonds is 6. The Morgan fingerprint density at radius 3 is 2.39 bits per heavy atom. The number of amides is 1. The predicted molar refractivity (Wildman–Crippen MR) is 107 cm³/mol. The van der Waals surface area contributed by atoms with E-state index in [9.17, 15) is 13.2 Å². The molecule has 0 saturated carbocycles. The molecule has 0 spiro atoms. The Hall–Kier alpha value is -1.84. The lowest BCUT2D eigenvalue weighted by Crippen LogP contribution is -2.40. The molecule has 0 unspecified atom stereocenters. The van der Waals surface area contributed by atoms with E-state index in [0.29, 0.717) is 47.8 Å². The van der Waals surface area contributed by atoms with Gasteiger partial charge < -0.3 is 14.8 Å². The third-order valence-corrected chi connectivity index (χ3v) is 6.66. The van der Waals surface area contributed by atoms with Crippen LogP contribution in [0.1, 0.15) is 0 Å². The Morgan fingerprint density at radius 1 is 1.07 bits per heavy atom. The summed E-state index contributed by atoms with van der Waals surface area (Å²) in [5.41, 5.74) is 0.462. The SMILES string of the molecule is O=C(COc1ccc(Cl)c(Cl)c1)Nc1ccc(S(=O)(=O)N2CCOCC2)cc1. The van der Waals surface area contributed by atoms with Gasteiger partial charge in [-0.15, -0.1) is 0 Å². The number of nitrogens with one attached hydrogen (secondary N) is 1. The number of morpholine rings is 1. The fourth-order valence-electron chi connectivity index (χ4n) is 2.56. The smallest absolute Gasteiger partial charge is 0.262 e. The van der Waals surface area contributed by atoms with Gasteiger partial charge in [-0.1, -0.05) is 23.2 Å². The Labute approximate surface area is 173 Å². The van der Waals surface area contributed by atoms with Crippen molar-refractivity contribution in [1.29, 1.82) is 0 Å². The quantitative estimate of drug-likeness (QED) is 0.739. The van der Waals surface area contributed by atoms with Crippen molar-refractivity contribution >= 4 is 44.8 Å². The molecular weight excluding hydrogens is 427 g/mol. The van der Waals surface area contributed by atoms with E-state index in [-0.39, 0.29) is 11.5 Å². The first-order chi connectivity index (χ1) is 13.4. The van der Waals surface area contributed by atoms with Crippen LogP contribution < -0.4 is 10.1 Å². The maximum Gasteiger partial charge on any atom is 0.262 e. The third-order valence-electron chi connectivity index (χ3n) is 4.01. The van der Waals surface area contributed by atoms with E-state index in [2.05, 4.69) is 5.32 Å². The lowest BCUT2D eigenvalue weighted by molar-refractivity contribution is -0.118. The Morgan fingerprint density at radius 2 is 1.75 bits per heavy atom. The molecular formula is C18H18Cl2N2O5S. The third kappa shape index (κ3) is 5.15. The topological polar surface area (TPSA) is 84.9 Å². The maximum absolute atomic E-state index is 12.6. The molecule has 1 aliphatic heterocycles. The van der Waals surface area contributed by atoms with Crippen molar-refractivity contribution in [3.05, 3.63) is 52.5 Å². The first kappa shape index (κ1) is 20.9. The lowest BCUT2D eigenvalue weighted by atomic mass is 10.3. The predicted octanol–water partition coefficient (Wildman–Crippen LogP) is 3.03. The zero-order valence-electron chi connectivity index (χ0n) is 14.7. The van der Waals surface area contributed by atoms with Crippen LogP contribution in [0.5, 0.6) is 5.75 Å². The minimum atomic E-state index is -3.57. The van der Waals surface area contributed by atoms with Gasteiger partial charge in [0, 0.05) is 24.8 Å². The summed E-state index contributed by atoms with van der Waals surface area (Å²) in [6, 6.07) is 10.7. The van der Waals surface area contributed by atoms with Crippen LogP contribution >= 0.6 is 23.2 Å². The highest BCUT2D eigenvalue weighted by molar-refractivity contribution is 7.89. The Balaban J connectivity index is 1.57. The molecule has 28 heavy (non-hydrogen) atoms. The number of hydrogen-bond donors (Lipinski definition) is 1. The number of ether oxygens (including phenoxy) is 2. The zero-order chi connectivity index (χ0) is 20.1. The second-order valence-electron chi connectivity index (χ2n) is 5.95. The van der Waals surface area contributed by atoms with Gasteiger partial charge >= 0.3 is 0 Å². The zero-order valence-corrected chi connectivity index (χ0v) is 17.1. The van der Waals surface area contributed by atoms with Gasteiger partial charge in [0.15, 0.2) is 6.61 Å². The van der Waals surface area contributed by atoms with Crippen LogP contribution in [-0.2, 0) is 19.6 Å². The summed E-state index contributed by atoms with van der Waals surface area (Å²) >= 11 is 11.7. The van der Waals surface area contributed by atoms with Crippen molar-refractivity contribution < 1.29 is 22.7 Å². The number of carbonyl (C=O) groups excluding carboxylic acids is 1. The highest BCUT2D eigenvalue weighted by Crippen LogP contribution is 2.26. The molecule has 1 fully saturated rings. The number of halogens is 2. The van der Waals surface area contributed by atoms with E-state index in [1.165, 1.54) is 34.6 Å². The first-order valence-electron chi connectivity index (χ1n) is 8.42. The molecule has 0 aliphatic carbocycles. The van der Waals surface area contributed by atoms with Crippen molar-refractivity contribution in [1.82, 2.24) is 4.31 Å². The van der Waals surface area contributed by atoms with Crippen molar-refractivity contribution in [2.45, 2.75) is 4.90 Å². The van der Waals surface area contributed by atoms with E-state index in [1.54, 1.807) is 12.1 Å². The number of hydrogen-bond acceptors (Lipinski definition) is 5. The van der Waals surface area contributed by atoms with Crippen LogP contribution in [0.25, 0.3) is 0 Å². The summed E-state index contributed by atoms with van der Waals surface area (Å²) in [6.07, 6.45) is 0. The van der Waals surface area contributed by atoms with Gasteiger partial charge in [0.1, 0.15) is 5.75 Å². The summed E-state index contributed by atoms with van der Waals surface area (Å²) in [5.74, 6) is 0.0198. The maximum atomic E-state index is 12.6. The van der Waals surface area contributed by atoms with Crippen LogP contribution in [0, 0.1) is 0 Å². The highest BCUT2D eigenvalue weighted by Gasteiger charge is 2.26. The van der Waals surface area contributed by atoms with Crippen molar-refractivity contribution in [2.75, 3.05) is 38.2 Å². The van der Waals surface area contributed by atoms with Gasteiger partial charge in [-0.2, -0.15) is 4.31 Å². The number of nitrogens with zero attached hydrogens (tertiary/aromatic N) is 1. The summed E-state index contributed by atoms with van der Waals surface area (Å²) in [5, 5.41) is 3.37. The summed E-state index contributed by atoms with van der Waals surface area (Å²) in [4.78, 5) is 12.2. The van der Waals surface area contributed by atoms with E-state index < -0.39 is 15.9 Å². The number of sulfonamides is 1. The van der Waals surface area contributed by atoms with Gasteiger partial charge in [0.25, 0.3) is 5.91 Å². The minimum Gasteiger partial charge on any atom is -0.484 e. The van der Waals surface area contributed by atoms with Gasteiger partial charge in [0.2, 0.25) is 10.0 Å². The summed E-state index contributed by atoms with van der Waals surface area (Å²) in [7, 11) is -3.57. The Kier molecular flexibility index (Phi) is 6.79. The van der Waals surface area contributed by atoms with Gasteiger partial charge in [-0.25, -0.2) is 8.42 Å². The van der Waals surface area contributed by atoms with E-state index in [1.807, 2.05) is 0 Å². The fraction of sp³-hybridized carbons (Fsp3) is 0.278. The van der Waals surface area contributed by atoms with Crippen LogP contribution in [0.15, 0.2) is 47.4 Å². The minimum absolute atomic E-state index is 0.166.